The first-order valence-electron chi connectivity index (χ1n) is 7.08. The van der Waals surface area contributed by atoms with Crippen molar-refractivity contribution >= 4 is 11.6 Å². The molecule has 1 nitrogen and oxygen atoms in total. The second-order valence-corrected chi connectivity index (χ2v) is 5.94. The highest BCUT2D eigenvalue weighted by Gasteiger charge is 2.30. The monoisotopic (exact) mass is 325 g/mol. The molecule has 0 aliphatic carbocycles. The number of halogens is 4. The Bertz CT molecular complexity index is 665. The van der Waals surface area contributed by atoms with Crippen LogP contribution in [0.15, 0.2) is 42.5 Å². The van der Waals surface area contributed by atoms with Crippen LogP contribution in [0.1, 0.15) is 22.3 Å². The van der Waals surface area contributed by atoms with Crippen molar-refractivity contribution in [3.05, 3.63) is 69.7 Å². The second-order valence-electron chi connectivity index (χ2n) is 5.53. The van der Waals surface area contributed by atoms with Crippen LogP contribution in [-0.2, 0) is 25.7 Å². The van der Waals surface area contributed by atoms with Crippen molar-refractivity contribution in [3.63, 3.8) is 0 Å². The van der Waals surface area contributed by atoms with Gasteiger partial charge in [-0.1, -0.05) is 35.9 Å². The average molecular weight is 326 g/mol. The summed E-state index contributed by atoms with van der Waals surface area (Å²) in [5, 5.41) is 0.759. The molecule has 3 rings (SSSR count). The highest BCUT2D eigenvalue weighted by atomic mass is 35.5. The molecule has 116 valence electrons. The first kappa shape index (κ1) is 15.4. The quantitative estimate of drug-likeness (QED) is 0.757. The number of hydrogen-bond donors (Lipinski definition) is 0. The van der Waals surface area contributed by atoms with E-state index < -0.39 is 11.7 Å². The number of hydrogen-bond acceptors (Lipinski definition) is 1. The summed E-state index contributed by atoms with van der Waals surface area (Å²) in [5.74, 6) is 0. The summed E-state index contributed by atoms with van der Waals surface area (Å²) in [6.45, 7) is 2.24. The first-order valence-corrected chi connectivity index (χ1v) is 7.46. The van der Waals surface area contributed by atoms with E-state index in [1.807, 2.05) is 12.1 Å². The fourth-order valence-corrected chi connectivity index (χ4v) is 3.04. The van der Waals surface area contributed by atoms with Crippen LogP contribution in [0.4, 0.5) is 13.2 Å². The van der Waals surface area contributed by atoms with Gasteiger partial charge in [0.25, 0.3) is 0 Å². The Labute approximate surface area is 132 Å². The van der Waals surface area contributed by atoms with Gasteiger partial charge < -0.3 is 0 Å². The van der Waals surface area contributed by atoms with Gasteiger partial charge in [-0.25, -0.2) is 0 Å². The van der Waals surface area contributed by atoms with E-state index >= 15 is 0 Å². The Morgan fingerprint density at radius 1 is 1.05 bits per heavy atom. The van der Waals surface area contributed by atoms with Crippen molar-refractivity contribution in [1.82, 2.24) is 4.90 Å². The van der Waals surface area contributed by atoms with Crippen LogP contribution in [0.3, 0.4) is 0 Å². The van der Waals surface area contributed by atoms with Crippen molar-refractivity contribution in [2.45, 2.75) is 25.7 Å². The molecule has 1 heterocycles. The zero-order chi connectivity index (χ0) is 15.7. The molecule has 0 saturated carbocycles. The minimum atomic E-state index is -4.28. The summed E-state index contributed by atoms with van der Waals surface area (Å²) in [6.07, 6.45) is -3.37. The van der Waals surface area contributed by atoms with E-state index in [4.69, 9.17) is 11.6 Å². The Morgan fingerprint density at radius 3 is 2.45 bits per heavy atom. The van der Waals surface area contributed by atoms with E-state index in [9.17, 15) is 13.2 Å². The van der Waals surface area contributed by atoms with Crippen molar-refractivity contribution < 1.29 is 13.2 Å². The maximum Gasteiger partial charge on any atom is 0.416 e. The molecule has 0 unspecified atom stereocenters. The molecule has 0 amide bonds. The molecule has 2 aromatic rings. The molecule has 0 atom stereocenters. The summed E-state index contributed by atoms with van der Waals surface area (Å²) >= 11 is 6.23. The number of fused-ring (bicyclic) bond motifs is 1. The summed E-state index contributed by atoms with van der Waals surface area (Å²) in [6, 6.07) is 11.3. The van der Waals surface area contributed by atoms with E-state index in [1.54, 1.807) is 12.1 Å². The van der Waals surface area contributed by atoms with Gasteiger partial charge in [-0.2, -0.15) is 13.2 Å². The van der Waals surface area contributed by atoms with Crippen molar-refractivity contribution in [1.29, 1.82) is 0 Å². The molecular formula is C17H15ClF3N. The molecule has 0 aromatic heterocycles. The average Bonchev–Trinajstić information content (AvgIpc) is 2.48. The summed E-state index contributed by atoms with van der Waals surface area (Å²) in [5.41, 5.74) is 2.66. The van der Waals surface area contributed by atoms with Gasteiger partial charge in [-0.05, 0) is 41.3 Å². The lowest BCUT2D eigenvalue weighted by molar-refractivity contribution is -0.137. The zero-order valence-corrected chi connectivity index (χ0v) is 12.6. The molecule has 2 aromatic carbocycles. The summed E-state index contributed by atoms with van der Waals surface area (Å²) < 4.78 is 37.7. The largest absolute Gasteiger partial charge is 0.416 e. The van der Waals surface area contributed by atoms with E-state index in [-0.39, 0.29) is 0 Å². The molecule has 0 fully saturated rings. The van der Waals surface area contributed by atoms with E-state index in [2.05, 4.69) is 11.0 Å². The van der Waals surface area contributed by atoms with Crippen LogP contribution in [0.25, 0.3) is 0 Å². The highest BCUT2D eigenvalue weighted by molar-refractivity contribution is 6.31. The normalized spacial score (nSPS) is 15.6. The maximum absolute atomic E-state index is 12.6. The van der Waals surface area contributed by atoms with E-state index in [1.165, 1.54) is 5.56 Å². The molecule has 0 radical (unpaired) electrons. The summed E-state index contributed by atoms with van der Waals surface area (Å²) in [4.78, 5) is 2.21. The molecule has 0 bridgehead atoms. The molecular weight excluding hydrogens is 311 g/mol. The fraction of sp³-hybridized carbons (Fsp3) is 0.294. The number of alkyl halides is 3. The van der Waals surface area contributed by atoms with Gasteiger partial charge in [-0.3, -0.25) is 4.90 Å². The van der Waals surface area contributed by atoms with Gasteiger partial charge in [0, 0.05) is 24.7 Å². The van der Waals surface area contributed by atoms with Crippen molar-refractivity contribution in [2.24, 2.45) is 0 Å². The lowest BCUT2D eigenvalue weighted by Crippen LogP contribution is -2.30. The molecule has 0 saturated heterocycles. The van der Waals surface area contributed by atoms with Gasteiger partial charge in [-0.15, -0.1) is 0 Å². The van der Waals surface area contributed by atoms with Gasteiger partial charge in [0.05, 0.1) is 5.56 Å². The molecule has 0 spiro atoms. The minimum absolute atomic E-state index is 0.608. The van der Waals surface area contributed by atoms with Gasteiger partial charge >= 0.3 is 6.18 Å². The lowest BCUT2D eigenvalue weighted by Gasteiger charge is -2.29. The minimum Gasteiger partial charge on any atom is -0.294 e. The third-order valence-electron chi connectivity index (χ3n) is 3.98. The Balaban J connectivity index is 1.71. The molecule has 0 N–H and O–H groups in total. The van der Waals surface area contributed by atoms with Crippen LogP contribution >= 0.6 is 11.6 Å². The second kappa shape index (κ2) is 5.94. The number of rotatable bonds is 2. The van der Waals surface area contributed by atoms with Crippen LogP contribution in [0, 0.1) is 0 Å². The van der Waals surface area contributed by atoms with Crippen molar-refractivity contribution in [2.75, 3.05) is 6.54 Å². The van der Waals surface area contributed by atoms with Crippen molar-refractivity contribution in [3.8, 4) is 0 Å². The van der Waals surface area contributed by atoms with Crippen LogP contribution in [-0.4, -0.2) is 11.4 Å². The van der Waals surface area contributed by atoms with Crippen LogP contribution in [0.2, 0.25) is 5.02 Å². The number of benzene rings is 2. The third kappa shape index (κ3) is 3.28. The van der Waals surface area contributed by atoms with Crippen LogP contribution < -0.4 is 0 Å². The highest BCUT2D eigenvalue weighted by Crippen LogP contribution is 2.30. The lowest BCUT2D eigenvalue weighted by atomic mass is 9.99. The topological polar surface area (TPSA) is 3.24 Å². The van der Waals surface area contributed by atoms with Gasteiger partial charge in [0.1, 0.15) is 0 Å². The Kier molecular flexibility index (Phi) is 4.15. The predicted molar refractivity (Wildman–Crippen MR) is 80.7 cm³/mol. The predicted octanol–water partition coefficient (Wildman–Crippen LogP) is 4.92. The third-order valence-corrected chi connectivity index (χ3v) is 4.34. The number of nitrogens with zero attached hydrogens (tertiary/aromatic N) is 1. The van der Waals surface area contributed by atoms with E-state index in [0.717, 1.165) is 47.8 Å². The first-order chi connectivity index (χ1) is 10.4. The smallest absolute Gasteiger partial charge is 0.294 e. The summed E-state index contributed by atoms with van der Waals surface area (Å²) in [7, 11) is 0. The molecule has 1 aliphatic heterocycles. The van der Waals surface area contributed by atoms with E-state index in [0.29, 0.717) is 6.54 Å². The van der Waals surface area contributed by atoms with Crippen LogP contribution in [0.5, 0.6) is 0 Å². The van der Waals surface area contributed by atoms with Gasteiger partial charge in [0.2, 0.25) is 0 Å². The standard InChI is InChI=1S/C17H15ClF3N/c18-16-3-1-2-13-8-9-22(11-15(13)16)10-12-4-6-14(7-5-12)17(19,20)21/h1-7H,8-11H2. The maximum atomic E-state index is 12.6. The molecule has 22 heavy (non-hydrogen) atoms. The zero-order valence-electron chi connectivity index (χ0n) is 11.8. The Hall–Kier alpha value is -1.52. The Morgan fingerprint density at radius 2 is 1.77 bits per heavy atom. The van der Waals surface area contributed by atoms with Gasteiger partial charge in [0.15, 0.2) is 0 Å². The fourth-order valence-electron chi connectivity index (χ4n) is 2.79. The molecule has 1 aliphatic rings. The SMILES string of the molecule is FC(F)(F)c1ccc(CN2CCc3cccc(Cl)c3C2)cc1. The molecule has 5 heteroatoms.